The van der Waals surface area contributed by atoms with Crippen molar-refractivity contribution in [2.75, 3.05) is 6.61 Å². The maximum absolute atomic E-state index is 12.6. The number of esters is 1. The predicted molar refractivity (Wildman–Crippen MR) is 94.3 cm³/mol. The van der Waals surface area contributed by atoms with Crippen LogP contribution in [-0.4, -0.2) is 18.4 Å². The summed E-state index contributed by atoms with van der Waals surface area (Å²) in [5.41, 5.74) is 6.81. The van der Waals surface area contributed by atoms with Gasteiger partial charge in [-0.1, -0.05) is 0 Å². The lowest BCUT2D eigenvalue weighted by molar-refractivity contribution is -0.139. The molecule has 0 saturated heterocycles. The van der Waals surface area contributed by atoms with Crippen molar-refractivity contribution in [3.63, 3.8) is 0 Å². The minimum atomic E-state index is -0.535. The maximum atomic E-state index is 12.6. The molecule has 1 aromatic heterocycles. The van der Waals surface area contributed by atoms with Gasteiger partial charge in [0.15, 0.2) is 5.78 Å². The maximum Gasteiger partial charge on any atom is 0.340 e. The molecule has 7 heteroatoms. The number of carbonyl (C=O) groups is 2. The molecule has 0 bridgehead atoms. The Kier molecular flexibility index (Phi) is 4.83. The number of hydrogen-bond donors (Lipinski definition) is 1. The van der Waals surface area contributed by atoms with E-state index in [1.54, 1.807) is 6.92 Å². The summed E-state index contributed by atoms with van der Waals surface area (Å²) < 4.78 is 11.7. The highest BCUT2D eigenvalue weighted by Gasteiger charge is 2.42. The molecule has 2 N–H and O–H groups in total. The molecule has 1 aromatic rings. The molecule has 0 saturated carbocycles. The molecule has 5 nitrogen and oxygen atoms in total. The molecule has 0 radical (unpaired) electrons. The molecule has 2 aliphatic rings. The summed E-state index contributed by atoms with van der Waals surface area (Å²) in [5.74, 6) is -0.418. The van der Waals surface area contributed by atoms with Crippen LogP contribution in [0.4, 0.5) is 0 Å². The van der Waals surface area contributed by atoms with Gasteiger partial charge in [-0.05, 0) is 42.3 Å². The van der Waals surface area contributed by atoms with Crippen molar-refractivity contribution in [2.45, 2.75) is 39.0 Å². The van der Waals surface area contributed by atoms with Gasteiger partial charge < -0.3 is 15.2 Å². The lowest BCUT2D eigenvalue weighted by atomic mass is 9.80. The van der Waals surface area contributed by atoms with Gasteiger partial charge in [-0.25, -0.2) is 4.79 Å². The molecule has 1 aliphatic carbocycles. The molecule has 128 valence electrons. The molecule has 1 aliphatic heterocycles. The fraction of sp³-hybridized carbons (Fsp3) is 0.412. The van der Waals surface area contributed by atoms with Crippen LogP contribution in [0.3, 0.4) is 0 Å². The van der Waals surface area contributed by atoms with Crippen LogP contribution in [0.2, 0.25) is 0 Å². The minimum absolute atomic E-state index is 0.0118. The third-order valence-electron chi connectivity index (χ3n) is 4.14. The number of carbonyl (C=O) groups excluding carboxylic acids is 2. The van der Waals surface area contributed by atoms with E-state index in [0.29, 0.717) is 24.2 Å². The second-order valence-electron chi connectivity index (χ2n) is 5.70. The molecule has 3 rings (SSSR count). The largest absolute Gasteiger partial charge is 0.462 e. The minimum Gasteiger partial charge on any atom is -0.462 e. The van der Waals surface area contributed by atoms with Gasteiger partial charge in [-0.3, -0.25) is 4.79 Å². The molecule has 0 aromatic carbocycles. The van der Waals surface area contributed by atoms with Gasteiger partial charge in [-0.2, -0.15) is 0 Å². The SMILES string of the molecule is CCOC(=O)C1=C(N)OC2=C(C(=O)CCC2)C1c1cc(Br)c(C)s1. The molecular weight excluding hydrogens is 394 g/mol. The number of aryl methyl sites for hydroxylation is 1. The first-order chi connectivity index (χ1) is 11.4. The summed E-state index contributed by atoms with van der Waals surface area (Å²) in [6, 6.07) is 1.94. The zero-order chi connectivity index (χ0) is 17.4. The number of halogens is 1. The molecule has 2 heterocycles. The number of rotatable bonds is 3. The highest BCUT2D eigenvalue weighted by Crippen LogP contribution is 2.47. The number of ether oxygens (including phenoxy) is 2. The molecule has 24 heavy (non-hydrogen) atoms. The van der Waals surface area contributed by atoms with Crippen LogP contribution in [0.1, 0.15) is 41.9 Å². The third kappa shape index (κ3) is 2.91. The van der Waals surface area contributed by atoms with Crippen LogP contribution in [0.5, 0.6) is 0 Å². The summed E-state index contributed by atoms with van der Waals surface area (Å²) in [5, 5.41) is 0. The summed E-state index contributed by atoms with van der Waals surface area (Å²) in [4.78, 5) is 27.0. The van der Waals surface area contributed by atoms with Crippen LogP contribution in [0, 0.1) is 6.92 Å². The monoisotopic (exact) mass is 411 g/mol. The number of Topliss-reactive ketones (excluding diaryl/α,β-unsaturated/α-hetero) is 1. The van der Waals surface area contributed by atoms with Crippen LogP contribution >= 0.6 is 27.3 Å². The summed E-state index contributed by atoms with van der Waals surface area (Å²) in [7, 11) is 0. The van der Waals surface area contributed by atoms with Crippen molar-refractivity contribution < 1.29 is 19.1 Å². The highest BCUT2D eigenvalue weighted by molar-refractivity contribution is 9.10. The van der Waals surface area contributed by atoms with Gasteiger partial charge in [0.25, 0.3) is 0 Å². The Labute approximate surface area is 152 Å². The van der Waals surface area contributed by atoms with Gasteiger partial charge in [-0.15, -0.1) is 11.3 Å². The topological polar surface area (TPSA) is 78.6 Å². The number of allylic oxidation sites excluding steroid dienone is 2. The van der Waals surface area contributed by atoms with E-state index in [1.807, 2.05) is 13.0 Å². The molecule has 1 atom stereocenters. The second kappa shape index (κ2) is 6.72. The van der Waals surface area contributed by atoms with E-state index >= 15 is 0 Å². The van der Waals surface area contributed by atoms with Crippen molar-refractivity contribution in [2.24, 2.45) is 5.73 Å². The van der Waals surface area contributed by atoms with E-state index < -0.39 is 11.9 Å². The number of hydrogen-bond acceptors (Lipinski definition) is 6. The van der Waals surface area contributed by atoms with Gasteiger partial charge >= 0.3 is 5.97 Å². The first-order valence-corrected chi connectivity index (χ1v) is 9.41. The van der Waals surface area contributed by atoms with E-state index in [2.05, 4.69) is 15.9 Å². The Bertz CT molecular complexity index is 758. The Morgan fingerprint density at radius 1 is 1.50 bits per heavy atom. The Balaban J connectivity index is 2.17. The molecule has 0 spiro atoms. The number of ketones is 1. The Morgan fingerprint density at radius 2 is 2.25 bits per heavy atom. The van der Waals surface area contributed by atoms with E-state index in [9.17, 15) is 9.59 Å². The Morgan fingerprint density at radius 3 is 2.88 bits per heavy atom. The lowest BCUT2D eigenvalue weighted by Crippen LogP contribution is -2.31. The van der Waals surface area contributed by atoms with Crippen molar-refractivity contribution in [1.29, 1.82) is 0 Å². The number of nitrogens with two attached hydrogens (primary N) is 1. The van der Waals surface area contributed by atoms with Gasteiger partial charge in [0.2, 0.25) is 5.88 Å². The smallest absolute Gasteiger partial charge is 0.340 e. The van der Waals surface area contributed by atoms with Crippen molar-refractivity contribution in [1.82, 2.24) is 0 Å². The average molecular weight is 412 g/mol. The van der Waals surface area contributed by atoms with Crippen molar-refractivity contribution in [3.05, 3.63) is 43.1 Å². The van der Waals surface area contributed by atoms with Gasteiger partial charge in [0, 0.05) is 32.6 Å². The summed E-state index contributed by atoms with van der Waals surface area (Å²) in [6.07, 6.45) is 1.85. The van der Waals surface area contributed by atoms with E-state index in [0.717, 1.165) is 20.6 Å². The first-order valence-electron chi connectivity index (χ1n) is 7.80. The lowest BCUT2D eigenvalue weighted by Gasteiger charge is -2.31. The third-order valence-corrected chi connectivity index (χ3v) is 6.34. The Hall–Kier alpha value is -1.60. The predicted octanol–water partition coefficient (Wildman–Crippen LogP) is 3.67. The van der Waals surface area contributed by atoms with E-state index in [1.165, 1.54) is 11.3 Å². The molecule has 0 amide bonds. The van der Waals surface area contributed by atoms with E-state index in [4.69, 9.17) is 15.2 Å². The molecule has 1 unspecified atom stereocenters. The zero-order valence-corrected chi connectivity index (χ0v) is 15.9. The standard InChI is InChI=1S/C17H18BrNO4S/c1-3-22-17(21)15-14(12-7-9(18)8(2)24-12)13-10(20)5-4-6-11(13)23-16(15)19/h7,14H,3-6,19H2,1-2H3. The average Bonchev–Trinajstić information content (AvgIpc) is 2.85. The summed E-state index contributed by atoms with van der Waals surface area (Å²) >= 11 is 5.04. The number of thiophene rings is 1. The van der Waals surface area contributed by atoms with Crippen molar-refractivity contribution >= 4 is 39.0 Å². The first kappa shape index (κ1) is 17.2. The van der Waals surface area contributed by atoms with Crippen LogP contribution in [-0.2, 0) is 19.1 Å². The fourth-order valence-corrected chi connectivity index (χ4v) is 4.75. The van der Waals surface area contributed by atoms with Crippen LogP contribution in [0.25, 0.3) is 0 Å². The normalized spacial score (nSPS) is 20.8. The quantitative estimate of drug-likeness (QED) is 0.767. The summed E-state index contributed by atoms with van der Waals surface area (Å²) in [6.45, 7) is 3.94. The van der Waals surface area contributed by atoms with Gasteiger partial charge in [0.05, 0.1) is 12.5 Å². The molecular formula is C17H18BrNO4S. The highest BCUT2D eigenvalue weighted by atomic mass is 79.9. The van der Waals surface area contributed by atoms with Crippen LogP contribution < -0.4 is 5.73 Å². The fourth-order valence-electron chi connectivity index (χ4n) is 3.07. The van der Waals surface area contributed by atoms with Gasteiger partial charge in [0.1, 0.15) is 11.3 Å². The molecule has 0 fully saturated rings. The van der Waals surface area contributed by atoms with Crippen LogP contribution in [0.15, 0.2) is 33.3 Å². The van der Waals surface area contributed by atoms with Crippen molar-refractivity contribution in [3.8, 4) is 0 Å². The van der Waals surface area contributed by atoms with E-state index in [-0.39, 0.29) is 23.8 Å². The zero-order valence-electron chi connectivity index (χ0n) is 13.5. The second-order valence-corrected chi connectivity index (χ2v) is 7.84.